The van der Waals surface area contributed by atoms with Crippen LogP contribution in [0.15, 0.2) is 85.1 Å². The SMILES string of the molecule is CC/C=C\C/C=C\C/C=C\C/C=C\C/C=C\CCCCCC(=O)OCC(COCCCCCCCCCC/C=C\C/C=C\CCCCC)OC(=O)CCCCCCCCCCCCCCCCC. The number of hydrogen-bond donors (Lipinski definition) is 0. The minimum absolute atomic E-state index is 0.0649. The van der Waals surface area contributed by atoms with E-state index < -0.39 is 6.10 Å². The third kappa shape index (κ3) is 55.7. The molecule has 68 heavy (non-hydrogen) atoms. The first-order valence-electron chi connectivity index (χ1n) is 29.1. The molecule has 0 amide bonds. The van der Waals surface area contributed by atoms with Crippen molar-refractivity contribution in [3.05, 3.63) is 85.1 Å². The van der Waals surface area contributed by atoms with Gasteiger partial charge in [0.2, 0.25) is 0 Å². The Bertz CT molecular complexity index is 1250. The second-order valence-electron chi connectivity index (χ2n) is 19.2. The van der Waals surface area contributed by atoms with Crippen LogP contribution < -0.4 is 0 Å². The van der Waals surface area contributed by atoms with Crippen LogP contribution in [-0.4, -0.2) is 37.9 Å². The van der Waals surface area contributed by atoms with Crippen LogP contribution in [0.1, 0.15) is 278 Å². The van der Waals surface area contributed by atoms with E-state index in [0.717, 1.165) is 89.9 Å². The molecule has 0 heterocycles. The fraction of sp³-hybridized carbons (Fsp3) is 0.746. The standard InChI is InChI=1S/C63H110O5/c1-4-7-10-13-16-19-22-25-28-30-32-33-36-38-41-44-47-50-53-56-62(64)67-60-61(68-63(65)57-54-51-48-45-42-39-35-27-24-21-18-15-12-9-6-3)59-66-58-55-52-49-46-43-40-37-34-31-29-26-23-20-17-14-11-8-5-2/h7,10,16-17,19-20,25-26,28-29,32-33,38,41,61H,4-6,8-9,11-15,18,21-24,27,30-31,34-37,39-40,42-60H2,1-3H3/b10-7-,19-16-,20-17-,28-25-,29-26-,33-32-,41-38-. The molecular formula is C63H110O5. The van der Waals surface area contributed by atoms with Crippen LogP contribution in [0, 0.1) is 0 Å². The quantitative estimate of drug-likeness (QED) is 0.0345. The Morgan fingerprint density at radius 3 is 1.10 bits per heavy atom. The molecule has 0 bridgehead atoms. The van der Waals surface area contributed by atoms with E-state index in [-0.39, 0.29) is 25.2 Å². The molecule has 5 heteroatoms. The summed E-state index contributed by atoms with van der Waals surface area (Å²) in [5.41, 5.74) is 0. The Labute approximate surface area is 422 Å². The molecule has 1 unspecified atom stereocenters. The summed E-state index contributed by atoms with van der Waals surface area (Å²) in [5.74, 6) is -0.429. The van der Waals surface area contributed by atoms with Crippen LogP contribution in [0.4, 0.5) is 0 Å². The number of ether oxygens (including phenoxy) is 3. The summed E-state index contributed by atoms with van der Waals surface area (Å²) in [7, 11) is 0. The third-order valence-electron chi connectivity index (χ3n) is 12.4. The summed E-state index contributed by atoms with van der Waals surface area (Å²) >= 11 is 0. The van der Waals surface area contributed by atoms with Crippen LogP contribution >= 0.6 is 0 Å². The van der Waals surface area contributed by atoms with Crippen molar-refractivity contribution in [1.29, 1.82) is 0 Å². The summed E-state index contributed by atoms with van der Waals surface area (Å²) in [6.07, 6.45) is 77.4. The second kappa shape index (κ2) is 58.4. The molecule has 0 rings (SSSR count). The smallest absolute Gasteiger partial charge is 0.306 e. The molecule has 0 fully saturated rings. The lowest BCUT2D eigenvalue weighted by atomic mass is 10.0. The van der Waals surface area contributed by atoms with Gasteiger partial charge in [-0.15, -0.1) is 0 Å². The van der Waals surface area contributed by atoms with Gasteiger partial charge in [0, 0.05) is 19.4 Å². The molecule has 5 nitrogen and oxygen atoms in total. The first-order valence-corrected chi connectivity index (χ1v) is 29.1. The predicted octanol–water partition coefficient (Wildman–Crippen LogP) is 20.0. The zero-order chi connectivity index (χ0) is 49.2. The van der Waals surface area contributed by atoms with Crippen LogP contribution in [0.25, 0.3) is 0 Å². The Morgan fingerprint density at radius 1 is 0.338 bits per heavy atom. The molecule has 0 aromatic rings. The van der Waals surface area contributed by atoms with Gasteiger partial charge in [0.25, 0.3) is 0 Å². The first-order chi connectivity index (χ1) is 33.6. The van der Waals surface area contributed by atoms with Crippen molar-refractivity contribution in [2.24, 2.45) is 0 Å². The number of esters is 2. The lowest BCUT2D eigenvalue weighted by molar-refractivity contribution is -0.163. The van der Waals surface area contributed by atoms with Crippen molar-refractivity contribution in [2.75, 3.05) is 19.8 Å². The van der Waals surface area contributed by atoms with Crippen molar-refractivity contribution in [3.8, 4) is 0 Å². The van der Waals surface area contributed by atoms with Crippen molar-refractivity contribution in [1.82, 2.24) is 0 Å². The minimum Gasteiger partial charge on any atom is -0.462 e. The molecule has 0 spiro atoms. The van der Waals surface area contributed by atoms with Crippen LogP contribution in [0.2, 0.25) is 0 Å². The monoisotopic (exact) mass is 947 g/mol. The van der Waals surface area contributed by atoms with Crippen molar-refractivity contribution in [2.45, 2.75) is 284 Å². The average molecular weight is 948 g/mol. The van der Waals surface area contributed by atoms with E-state index >= 15 is 0 Å². The maximum absolute atomic E-state index is 12.9. The van der Waals surface area contributed by atoms with Gasteiger partial charge in [0.05, 0.1) is 6.61 Å². The van der Waals surface area contributed by atoms with Crippen LogP contribution in [0.5, 0.6) is 0 Å². The maximum atomic E-state index is 12.9. The zero-order valence-corrected chi connectivity index (χ0v) is 45.1. The van der Waals surface area contributed by atoms with Gasteiger partial charge in [-0.3, -0.25) is 9.59 Å². The third-order valence-corrected chi connectivity index (χ3v) is 12.4. The highest BCUT2D eigenvalue weighted by Crippen LogP contribution is 2.15. The lowest BCUT2D eigenvalue weighted by Gasteiger charge is -2.18. The van der Waals surface area contributed by atoms with Gasteiger partial charge in [-0.05, 0) is 96.3 Å². The highest BCUT2D eigenvalue weighted by molar-refractivity contribution is 5.70. The van der Waals surface area contributed by atoms with Gasteiger partial charge in [-0.1, -0.05) is 254 Å². The van der Waals surface area contributed by atoms with E-state index in [9.17, 15) is 9.59 Å². The second-order valence-corrected chi connectivity index (χ2v) is 19.2. The first kappa shape index (κ1) is 65.1. The van der Waals surface area contributed by atoms with Crippen LogP contribution in [0.3, 0.4) is 0 Å². The Hall–Kier alpha value is -2.92. The molecular weight excluding hydrogens is 837 g/mol. The minimum atomic E-state index is -0.556. The summed E-state index contributed by atoms with van der Waals surface area (Å²) < 4.78 is 17.5. The van der Waals surface area contributed by atoms with E-state index in [4.69, 9.17) is 14.2 Å². The van der Waals surface area contributed by atoms with E-state index in [1.165, 1.54) is 154 Å². The van der Waals surface area contributed by atoms with Gasteiger partial charge in [-0.25, -0.2) is 0 Å². The maximum Gasteiger partial charge on any atom is 0.306 e. The molecule has 0 N–H and O–H groups in total. The molecule has 392 valence electrons. The molecule has 0 radical (unpaired) electrons. The molecule has 0 aromatic carbocycles. The van der Waals surface area contributed by atoms with Gasteiger partial charge >= 0.3 is 11.9 Å². The number of carbonyl (C=O) groups is 2. The molecule has 0 saturated heterocycles. The number of rotatable bonds is 53. The lowest BCUT2D eigenvalue weighted by Crippen LogP contribution is -2.30. The van der Waals surface area contributed by atoms with E-state index in [0.29, 0.717) is 19.4 Å². The fourth-order valence-corrected chi connectivity index (χ4v) is 8.10. The summed E-state index contributed by atoms with van der Waals surface area (Å²) in [6, 6.07) is 0. The van der Waals surface area contributed by atoms with Gasteiger partial charge in [-0.2, -0.15) is 0 Å². The predicted molar refractivity (Wildman–Crippen MR) is 297 cm³/mol. The molecule has 1 atom stereocenters. The van der Waals surface area contributed by atoms with Gasteiger partial charge in [0.15, 0.2) is 6.10 Å². The zero-order valence-electron chi connectivity index (χ0n) is 45.1. The number of unbranched alkanes of at least 4 members (excludes halogenated alkanes) is 28. The summed E-state index contributed by atoms with van der Waals surface area (Å²) in [5, 5.41) is 0. The topological polar surface area (TPSA) is 61.8 Å². The van der Waals surface area contributed by atoms with E-state index in [2.05, 4.69) is 106 Å². The van der Waals surface area contributed by atoms with Crippen molar-refractivity contribution >= 4 is 11.9 Å². The number of allylic oxidation sites excluding steroid dienone is 14. The Kier molecular flexibility index (Phi) is 55.9. The molecule has 0 aliphatic carbocycles. The van der Waals surface area contributed by atoms with E-state index in [1.54, 1.807) is 0 Å². The van der Waals surface area contributed by atoms with Crippen molar-refractivity contribution < 1.29 is 23.8 Å². The normalized spacial score (nSPS) is 12.8. The Balaban J connectivity index is 4.34. The van der Waals surface area contributed by atoms with Crippen LogP contribution in [-0.2, 0) is 23.8 Å². The largest absolute Gasteiger partial charge is 0.462 e. The highest BCUT2D eigenvalue weighted by Gasteiger charge is 2.17. The number of hydrogen-bond acceptors (Lipinski definition) is 5. The molecule has 0 aliphatic heterocycles. The van der Waals surface area contributed by atoms with Crippen molar-refractivity contribution in [3.63, 3.8) is 0 Å². The highest BCUT2D eigenvalue weighted by atomic mass is 16.6. The average Bonchev–Trinajstić information content (AvgIpc) is 3.34. The molecule has 0 saturated carbocycles. The van der Waals surface area contributed by atoms with Gasteiger partial charge < -0.3 is 14.2 Å². The molecule has 0 aromatic heterocycles. The van der Waals surface area contributed by atoms with E-state index in [1.807, 2.05) is 0 Å². The molecule has 0 aliphatic rings. The number of carbonyl (C=O) groups excluding carboxylic acids is 2. The summed E-state index contributed by atoms with van der Waals surface area (Å²) in [6.45, 7) is 7.67. The summed E-state index contributed by atoms with van der Waals surface area (Å²) in [4.78, 5) is 25.5. The van der Waals surface area contributed by atoms with Gasteiger partial charge in [0.1, 0.15) is 6.61 Å². The Morgan fingerprint density at radius 2 is 0.662 bits per heavy atom. The fourth-order valence-electron chi connectivity index (χ4n) is 8.10.